The number of fused-ring (bicyclic) bond motifs is 1. The van der Waals surface area contributed by atoms with Crippen molar-refractivity contribution in [2.75, 3.05) is 25.0 Å². The maximum absolute atomic E-state index is 4.63. The van der Waals surface area contributed by atoms with Gasteiger partial charge in [-0.05, 0) is 38.8 Å². The number of aromatic nitrogens is 2. The van der Waals surface area contributed by atoms with E-state index in [9.17, 15) is 0 Å². The van der Waals surface area contributed by atoms with Crippen molar-refractivity contribution in [3.05, 3.63) is 30.3 Å². The van der Waals surface area contributed by atoms with Crippen LogP contribution in [0.3, 0.4) is 0 Å². The number of nitrogens with zero attached hydrogens (tertiary/aromatic N) is 3. The standard InChI is InChI=1S/C16H20N4S/c1-2-6-13(7-3-1)14-18-15(21-19-14)17-12-16-8-4-10-20(16)11-5-9-16/h1-3,6-7H,4-5,8-12H2,(H,17,18,19). The highest BCUT2D eigenvalue weighted by Crippen LogP contribution is 2.39. The molecule has 1 N–H and O–H groups in total. The van der Waals surface area contributed by atoms with Gasteiger partial charge in [0.15, 0.2) is 5.82 Å². The summed E-state index contributed by atoms with van der Waals surface area (Å²) in [5.74, 6) is 0.829. The van der Waals surface area contributed by atoms with Gasteiger partial charge in [-0.15, -0.1) is 0 Å². The van der Waals surface area contributed by atoms with Crippen LogP contribution in [-0.4, -0.2) is 39.4 Å². The zero-order valence-corrected chi connectivity index (χ0v) is 12.9. The van der Waals surface area contributed by atoms with Crippen LogP contribution >= 0.6 is 11.5 Å². The van der Waals surface area contributed by atoms with Gasteiger partial charge in [-0.25, -0.2) is 0 Å². The fourth-order valence-corrected chi connectivity index (χ4v) is 4.34. The van der Waals surface area contributed by atoms with Crippen LogP contribution in [0.15, 0.2) is 30.3 Å². The van der Waals surface area contributed by atoms with Crippen LogP contribution in [0.25, 0.3) is 11.4 Å². The Hall–Kier alpha value is -1.46. The Balaban J connectivity index is 1.45. The molecule has 0 unspecified atom stereocenters. The molecule has 2 aromatic rings. The summed E-state index contributed by atoms with van der Waals surface area (Å²) in [5.41, 5.74) is 1.47. The lowest BCUT2D eigenvalue weighted by Crippen LogP contribution is -2.44. The second kappa shape index (κ2) is 5.39. The molecule has 1 aromatic heterocycles. The fraction of sp³-hybridized carbons (Fsp3) is 0.500. The van der Waals surface area contributed by atoms with Crippen LogP contribution in [0.1, 0.15) is 25.7 Å². The predicted molar refractivity (Wildman–Crippen MR) is 86.6 cm³/mol. The van der Waals surface area contributed by atoms with E-state index in [4.69, 9.17) is 0 Å². The van der Waals surface area contributed by atoms with Crippen molar-refractivity contribution in [1.29, 1.82) is 0 Å². The maximum Gasteiger partial charge on any atom is 0.202 e. The number of hydrogen-bond acceptors (Lipinski definition) is 5. The molecule has 1 aromatic carbocycles. The van der Waals surface area contributed by atoms with Gasteiger partial charge < -0.3 is 5.32 Å². The molecule has 4 nitrogen and oxygen atoms in total. The van der Waals surface area contributed by atoms with Crippen molar-refractivity contribution in [2.24, 2.45) is 0 Å². The minimum absolute atomic E-state index is 0.387. The van der Waals surface area contributed by atoms with Crippen LogP contribution in [0.5, 0.6) is 0 Å². The molecule has 5 heteroatoms. The summed E-state index contributed by atoms with van der Waals surface area (Å²) < 4.78 is 4.47. The van der Waals surface area contributed by atoms with Crippen molar-refractivity contribution in [2.45, 2.75) is 31.2 Å². The van der Waals surface area contributed by atoms with Crippen molar-refractivity contribution in [3.8, 4) is 11.4 Å². The Morgan fingerprint density at radius 1 is 1.14 bits per heavy atom. The first kappa shape index (κ1) is 13.2. The summed E-state index contributed by atoms with van der Waals surface area (Å²) in [7, 11) is 0. The minimum Gasteiger partial charge on any atom is -0.358 e. The number of rotatable bonds is 4. The summed E-state index contributed by atoms with van der Waals surface area (Å²) in [4.78, 5) is 7.30. The summed E-state index contributed by atoms with van der Waals surface area (Å²) in [6.07, 6.45) is 5.33. The van der Waals surface area contributed by atoms with Crippen molar-refractivity contribution in [3.63, 3.8) is 0 Å². The first-order chi connectivity index (χ1) is 10.4. The molecule has 2 aliphatic heterocycles. The van der Waals surface area contributed by atoms with Gasteiger partial charge in [-0.1, -0.05) is 30.3 Å². The number of benzene rings is 1. The number of anilines is 1. The SMILES string of the molecule is c1ccc(-c2nsc(NCC34CCCN3CCC4)n2)cc1. The third-order valence-electron chi connectivity index (χ3n) is 4.84. The molecule has 0 radical (unpaired) electrons. The van der Waals surface area contributed by atoms with Gasteiger partial charge in [0, 0.05) is 29.2 Å². The first-order valence-corrected chi connectivity index (χ1v) is 8.51. The highest BCUT2D eigenvalue weighted by molar-refractivity contribution is 7.09. The second-order valence-corrected chi connectivity index (χ2v) is 6.81. The van der Waals surface area contributed by atoms with Crippen LogP contribution in [-0.2, 0) is 0 Å². The minimum atomic E-state index is 0.387. The average Bonchev–Trinajstić information content (AvgIpc) is 3.21. The van der Waals surface area contributed by atoms with E-state index in [1.807, 2.05) is 18.2 Å². The molecule has 2 fully saturated rings. The quantitative estimate of drug-likeness (QED) is 0.941. The average molecular weight is 300 g/mol. The molecule has 0 aliphatic carbocycles. The highest BCUT2D eigenvalue weighted by atomic mass is 32.1. The summed E-state index contributed by atoms with van der Waals surface area (Å²) in [6.45, 7) is 3.55. The van der Waals surface area contributed by atoms with Crippen molar-refractivity contribution < 1.29 is 0 Å². The van der Waals surface area contributed by atoms with E-state index >= 15 is 0 Å². The van der Waals surface area contributed by atoms with Crippen LogP contribution in [0, 0.1) is 0 Å². The van der Waals surface area contributed by atoms with Gasteiger partial charge in [-0.2, -0.15) is 9.36 Å². The van der Waals surface area contributed by atoms with E-state index in [1.54, 1.807) is 0 Å². The van der Waals surface area contributed by atoms with Gasteiger partial charge in [0.25, 0.3) is 0 Å². The van der Waals surface area contributed by atoms with Gasteiger partial charge in [-0.3, -0.25) is 4.90 Å². The molecule has 0 amide bonds. The molecule has 0 bridgehead atoms. The topological polar surface area (TPSA) is 41.1 Å². The smallest absolute Gasteiger partial charge is 0.202 e. The molecule has 3 heterocycles. The van der Waals surface area contributed by atoms with Gasteiger partial charge >= 0.3 is 0 Å². The third-order valence-corrected chi connectivity index (χ3v) is 5.51. The monoisotopic (exact) mass is 300 g/mol. The fourth-order valence-electron chi connectivity index (χ4n) is 3.75. The van der Waals surface area contributed by atoms with Gasteiger partial charge in [0.05, 0.1) is 0 Å². The Morgan fingerprint density at radius 3 is 2.67 bits per heavy atom. The van der Waals surface area contributed by atoms with Crippen molar-refractivity contribution in [1.82, 2.24) is 14.3 Å². The molecule has 0 spiro atoms. The molecule has 2 saturated heterocycles. The summed E-state index contributed by atoms with van der Waals surface area (Å²) in [6, 6.07) is 10.2. The highest BCUT2D eigenvalue weighted by Gasteiger charge is 2.43. The Morgan fingerprint density at radius 2 is 1.90 bits per heavy atom. The van der Waals surface area contributed by atoms with E-state index in [0.717, 1.165) is 23.1 Å². The Bertz CT molecular complexity index is 600. The normalized spacial score (nSPS) is 20.6. The summed E-state index contributed by atoms with van der Waals surface area (Å²) in [5, 5.41) is 4.49. The molecule has 4 rings (SSSR count). The third kappa shape index (κ3) is 2.45. The molecule has 110 valence electrons. The van der Waals surface area contributed by atoms with Crippen LogP contribution < -0.4 is 5.32 Å². The van der Waals surface area contributed by atoms with E-state index in [2.05, 4.69) is 31.7 Å². The number of hydrogen-bond donors (Lipinski definition) is 1. The molecule has 21 heavy (non-hydrogen) atoms. The van der Waals surface area contributed by atoms with E-state index < -0.39 is 0 Å². The Labute approximate surface area is 129 Å². The zero-order valence-electron chi connectivity index (χ0n) is 12.1. The van der Waals surface area contributed by atoms with Crippen LogP contribution in [0.2, 0.25) is 0 Å². The number of nitrogens with one attached hydrogen (secondary N) is 1. The summed E-state index contributed by atoms with van der Waals surface area (Å²) >= 11 is 1.47. The lowest BCUT2D eigenvalue weighted by atomic mass is 9.94. The second-order valence-electron chi connectivity index (χ2n) is 6.06. The van der Waals surface area contributed by atoms with Gasteiger partial charge in [0.1, 0.15) is 0 Å². The zero-order chi connectivity index (χ0) is 14.1. The molecular formula is C16H20N4S. The predicted octanol–water partition coefficient (Wildman–Crippen LogP) is 3.25. The molecule has 0 saturated carbocycles. The first-order valence-electron chi connectivity index (χ1n) is 7.74. The van der Waals surface area contributed by atoms with Crippen LogP contribution in [0.4, 0.5) is 5.13 Å². The van der Waals surface area contributed by atoms with E-state index in [-0.39, 0.29) is 0 Å². The lowest BCUT2D eigenvalue weighted by Gasteiger charge is -2.32. The Kier molecular flexibility index (Phi) is 3.39. The van der Waals surface area contributed by atoms with Gasteiger partial charge in [0.2, 0.25) is 5.13 Å². The van der Waals surface area contributed by atoms with E-state index in [0.29, 0.717) is 5.54 Å². The maximum atomic E-state index is 4.63. The lowest BCUT2D eigenvalue weighted by molar-refractivity contribution is 0.209. The molecule has 0 atom stereocenters. The molecular weight excluding hydrogens is 280 g/mol. The molecule has 2 aliphatic rings. The van der Waals surface area contributed by atoms with E-state index in [1.165, 1.54) is 50.3 Å². The van der Waals surface area contributed by atoms with Crippen molar-refractivity contribution >= 4 is 16.7 Å². The largest absolute Gasteiger partial charge is 0.358 e.